The zero-order valence-corrected chi connectivity index (χ0v) is 12.0. The predicted molar refractivity (Wildman–Crippen MR) is 72.9 cm³/mol. The van der Waals surface area contributed by atoms with Crippen LogP contribution in [0.15, 0.2) is 24.3 Å². The molecule has 1 saturated carbocycles. The number of carbonyl (C=O) groups is 1. The zero-order chi connectivity index (χ0) is 15.5. The smallest absolute Gasteiger partial charge is 0.378 e. The number of ketones is 1. The minimum atomic E-state index is -4.36. The highest BCUT2D eigenvalue weighted by molar-refractivity contribution is 5.81. The molecular formula is C16H19F3O2. The Morgan fingerprint density at radius 3 is 2.67 bits per heavy atom. The van der Waals surface area contributed by atoms with E-state index < -0.39 is 11.7 Å². The van der Waals surface area contributed by atoms with Crippen molar-refractivity contribution in [2.24, 2.45) is 5.92 Å². The third-order valence-electron chi connectivity index (χ3n) is 3.77. The third kappa shape index (κ3) is 4.56. The molecule has 0 amide bonds. The van der Waals surface area contributed by atoms with Crippen LogP contribution in [0, 0.1) is 5.92 Å². The van der Waals surface area contributed by atoms with Gasteiger partial charge in [-0.05, 0) is 37.3 Å². The quantitative estimate of drug-likeness (QED) is 0.793. The molecule has 0 spiro atoms. The molecule has 1 aromatic carbocycles. The first-order valence-corrected chi connectivity index (χ1v) is 7.18. The highest BCUT2D eigenvalue weighted by atomic mass is 19.4. The van der Waals surface area contributed by atoms with Crippen LogP contribution in [-0.4, -0.2) is 18.5 Å². The van der Waals surface area contributed by atoms with E-state index in [1.54, 1.807) is 6.07 Å². The molecule has 1 aliphatic carbocycles. The van der Waals surface area contributed by atoms with Gasteiger partial charge in [-0.2, -0.15) is 13.2 Å². The molecule has 21 heavy (non-hydrogen) atoms. The zero-order valence-electron chi connectivity index (χ0n) is 12.0. The average Bonchev–Trinajstić information content (AvgIpc) is 2.35. The molecule has 0 radical (unpaired) electrons. The Balaban J connectivity index is 1.83. The van der Waals surface area contributed by atoms with Crippen LogP contribution >= 0.6 is 0 Å². The molecule has 0 bridgehead atoms. The summed E-state index contributed by atoms with van der Waals surface area (Å²) in [6.07, 6.45) is -1.86. The Hall–Kier alpha value is -1.36. The lowest BCUT2D eigenvalue weighted by Gasteiger charge is -2.34. The molecule has 0 atom stereocenters. The molecule has 0 unspecified atom stereocenters. The minimum absolute atomic E-state index is 0.00530. The third-order valence-corrected chi connectivity index (χ3v) is 3.77. The number of halogens is 3. The van der Waals surface area contributed by atoms with E-state index in [-0.39, 0.29) is 18.3 Å². The second-order valence-corrected chi connectivity index (χ2v) is 5.53. The van der Waals surface area contributed by atoms with Gasteiger partial charge in [-0.25, -0.2) is 0 Å². The second kappa shape index (κ2) is 6.60. The number of rotatable bonds is 6. The van der Waals surface area contributed by atoms with Gasteiger partial charge in [-0.3, -0.25) is 4.79 Å². The number of benzene rings is 1. The Kier molecular flexibility index (Phi) is 5.04. The van der Waals surface area contributed by atoms with Gasteiger partial charge < -0.3 is 4.74 Å². The highest BCUT2D eigenvalue weighted by Gasteiger charge is 2.32. The van der Waals surface area contributed by atoms with Crippen molar-refractivity contribution in [3.05, 3.63) is 35.4 Å². The lowest BCUT2D eigenvalue weighted by Crippen LogP contribution is -2.33. The van der Waals surface area contributed by atoms with Gasteiger partial charge in [0.15, 0.2) is 0 Å². The average molecular weight is 300 g/mol. The van der Waals surface area contributed by atoms with Gasteiger partial charge in [0, 0.05) is 19.4 Å². The van der Waals surface area contributed by atoms with E-state index in [4.69, 9.17) is 4.74 Å². The summed E-state index contributed by atoms with van der Waals surface area (Å²) in [5.41, 5.74) is -0.275. The molecule has 0 N–H and O–H groups in total. The number of alkyl halides is 3. The van der Waals surface area contributed by atoms with Crippen LogP contribution in [0.3, 0.4) is 0 Å². The van der Waals surface area contributed by atoms with Crippen LogP contribution in [0.25, 0.3) is 0 Å². The molecule has 116 valence electrons. The second-order valence-electron chi connectivity index (χ2n) is 5.53. The van der Waals surface area contributed by atoms with Gasteiger partial charge >= 0.3 is 6.18 Å². The molecule has 2 nitrogen and oxygen atoms in total. The number of hydrogen-bond acceptors (Lipinski definition) is 2. The summed E-state index contributed by atoms with van der Waals surface area (Å²) in [6.45, 7) is 2.61. The van der Waals surface area contributed by atoms with Crippen LogP contribution in [0.2, 0.25) is 0 Å². The van der Waals surface area contributed by atoms with Crippen molar-refractivity contribution in [1.82, 2.24) is 0 Å². The molecule has 0 heterocycles. The Morgan fingerprint density at radius 1 is 1.33 bits per heavy atom. The lowest BCUT2D eigenvalue weighted by atomic mass is 9.78. The number of hydrogen-bond donors (Lipinski definition) is 0. The van der Waals surface area contributed by atoms with E-state index in [2.05, 4.69) is 0 Å². The minimum Gasteiger partial charge on any atom is -0.378 e. The van der Waals surface area contributed by atoms with Crippen molar-refractivity contribution in [2.45, 2.75) is 44.9 Å². The largest absolute Gasteiger partial charge is 0.416 e. The molecule has 0 aromatic heterocycles. The van der Waals surface area contributed by atoms with Crippen LogP contribution in [-0.2, 0) is 22.1 Å². The van der Waals surface area contributed by atoms with Crippen molar-refractivity contribution in [3.8, 4) is 0 Å². The summed E-state index contributed by atoms with van der Waals surface area (Å²) in [5.74, 6) is 0.314. The Labute approximate surface area is 122 Å². The fourth-order valence-electron chi connectivity index (χ4n) is 2.69. The fourth-order valence-corrected chi connectivity index (χ4v) is 2.69. The summed E-state index contributed by atoms with van der Waals surface area (Å²) in [7, 11) is 0. The maximum absolute atomic E-state index is 12.6. The molecule has 0 aliphatic heterocycles. The molecule has 1 fully saturated rings. The first kappa shape index (κ1) is 16.0. The van der Waals surface area contributed by atoms with Crippen LogP contribution < -0.4 is 0 Å². The topological polar surface area (TPSA) is 26.3 Å². The summed E-state index contributed by atoms with van der Waals surface area (Å²) < 4.78 is 43.2. The first-order chi connectivity index (χ1) is 9.88. The number of carbonyl (C=O) groups excluding carboxylic acids is 1. The Morgan fingerprint density at radius 2 is 2.05 bits per heavy atom. The molecule has 2 rings (SSSR count). The van der Waals surface area contributed by atoms with Crippen molar-refractivity contribution in [1.29, 1.82) is 0 Å². The highest BCUT2D eigenvalue weighted by Crippen LogP contribution is 2.33. The first-order valence-electron chi connectivity index (χ1n) is 7.18. The number of Topliss-reactive ketones (excluding diaryl/α,β-unsaturated/α-hetero) is 1. The summed E-state index contributed by atoms with van der Waals surface area (Å²) >= 11 is 0. The van der Waals surface area contributed by atoms with Gasteiger partial charge in [-0.15, -0.1) is 0 Å². The van der Waals surface area contributed by atoms with Gasteiger partial charge in [0.25, 0.3) is 0 Å². The van der Waals surface area contributed by atoms with Gasteiger partial charge in [0.05, 0.1) is 11.7 Å². The maximum atomic E-state index is 12.6. The van der Waals surface area contributed by atoms with Crippen molar-refractivity contribution in [3.63, 3.8) is 0 Å². The molecule has 1 aromatic rings. The Bertz CT molecular complexity index is 491. The molecule has 1 aliphatic rings. The van der Waals surface area contributed by atoms with Crippen LogP contribution in [0.5, 0.6) is 0 Å². The molecule has 0 saturated heterocycles. The maximum Gasteiger partial charge on any atom is 0.416 e. The van der Waals surface area contributed by atoms with E-state index in [0.717, 1.165) is 25.0 Å². The molecular weight excluding hydrogens is 281 g/mol. The summed E-state index contributed by atoms with van der Waals surface area (Å²) in [4.78, 5) is 11.9. The monoisotopic (exact) mass is 300 g/mol. The van der Waals surface area contributed by atoms with Crippen molar-refractivity contribution >= 4 is 5.78 Å². The van der Waals surface area contributed by atoms with Gasteiger partial charge in [0.2, 0.25) is 0 Å². The standard InChI is InChI=1S/C16H19F3O2/c1-2-21-15-9-12(10-15)8-14(20)7-11-4-3-5-13(6-11)16(17,18)19/h3-6,12,15H,2,7-10H2,1H3. The van der Waals surface area contributed by atoms with Crippen LogP contribution in [0.1, 0.15) is 37.3 Å². The van der Waals surface area contributed by atoms with E-state index in [9.17, 15) is 18.0 Å². The van der Waals surface area contributed by atoms with E-state index in [0.29, 0.717) is 24.5 Å². The number of ether oxygens (including phenoxy) is 1. The van der Waals surface area contributed by atoms with E-state index in [1.807, 2.05) is 6.92 Å². The van der Waals surface area contributed by atoms with E-state index in [1.165, 1.54) is 6.07 Å². The normalized spacial score (nSPS) is 21.9. The van der Waals surface area contributed by atoms with Gasteiger partial charge in [-0.1, -0.05) is 18.2 Å². The van der Waals surface area contributed by atoms with E-state index >= 15 is 0 Å². The summed E-state index contributed by atoms with van der Waals surface area (Å²) in [5, 5.41) is 0. The van der Waals surface area contributed by atoms with Gasteiger partial charge in [0.1, 0.15) is 5.78 Å². The lowest BCUT2D eigenvalue weighted by molar-refractivity contribution is -0.137. The SMILES string of the molecule is CCOC1CC(CC(=O)Cc2cccc(C(F)(F)F)c2)C1. The fraction of sp³-hybridized carbons (Fsp3) is 0.562. The molecule has 5 heteroatoms. The van der Waals surface area contributed by atoms with Crippen molar-refractivity contribution < 1.29 is 22.7 Å². The van der Waals surface area contributed by atoms with Crippen molar-refractivity contribution in [2.75, 3.05) is 6.61 Å². The summed E-state index contributed by atoms with van der Waals surface area (Å²) in [6, 6.07) is 4.99. The predicted octanol–water partition coefficient (Wildman–Crippen LogP) is 4.02. The van der Waals surface area contributed by atoms with Crippen LogP contribution in [0.4, 0.5) is 13.2 Å².